The number of amides is 4. The van der Waals surface area contributed by atoms with Gasteiger partial charge in [-0.3, -0.25) is 14.4 Å². The number of carbonyl (C=O) groups is 4. The number of fused-ring (bicyclic) bond motifs is 3. The van der Waals surface area contributed by atoms with E-state index in [0.29, 0.717) is 45.9 Å². The van der Waals surface area contributed by atoms with Crippen LogP contribution in [0.1, 0.15) is 54.2 Å². The summed E-state index contributed by atoms with van der Waals surface area (Å²) in [4.78, 5) is 57.4. The molecule has 1 spiro atoms. The van der Waals surface area contributed by atoms with Crippen LogP contribution < -0.4 is 10.6 Å². The second-order valence-corrected chi connectivity index (χ2v) is 13.0. The Morgan fingerprint density at radius 2 is 1.64 bits per heavy atom. The van der Waals surface area contributed by atoms with Crippen LogP contribution in [0.15, 0.2) is 54.7 Å². The largest absolute Gasteiger partial charge is 0.471 e. The third-order valence-electron chi connectivity index (χ3n) is 8.25. The Hall–Kier alpha value is -4.94. The maximum atomic E-state index is 13.7. The summed E-state index contributed by atoms with van der Waals surface area (Å²) in [5.41, 5.74) is 2.80. The highest BCUT2D eigenvalue weighted by molar-refractivity contribution is 6.06. The second kappa shape index (κ2) is 12.3. The number of nitrogens with zero attached hydrogens (tertiary/aromatic N) is 3. The summed E-state index contributed by atoms with van der Waals surface area (Å²) >= 11 is 0. The van der Waals surface area contributed by atoms with Crippen LogP contribution in [0.2, 0.25) is 0 Å². The zero-order valence-electron chi connectivity index (χ0n) is 26.7. The fourth-order valence-corrected chi connectivity index (χ4v) is 6.05. The Balaban J connectivity index is 1.33. The topological polar surface area (TPSA) is 121 Å². The predicted octanol–water partition coefficient (Wildman–Crippen LogP) is 5.28. The molecule has 1 aliphatic carbocycles. The molecule has 2 heterocycles. The van der Waals surface area contributed by atoms with Crippen molar-refractivity contribution in [2.24, 2.45) is 0 Å². The van der Waals surface area contributed by atoms with Crippen molar-refractivity contribution in [3.63, 3.8) is 0 Å². The minimum absolute atomic E-state index is 0.000295. The van der Waals surface area contributed by atoms with Crippen molar-refractivity contribution >= 4 is 35.3 Å². The molecule has 2 N–H and O–H groups in total. The summed E-state index contributed by atoms with van der Waals surface area (Å²) in [6.07, 6.45) is -3.44. The van der Waals surface area contributed by atoms with Crippen LogP contribution in [0.3, 0.4) is 0 Å². The van der Waals surface area contributed by atoms with Gasteiger partial charge in [0.05, 0.1) is 5.41 Å². The van der Waals surface area contributed by atoms with Gasteiger partial charge in [-0.2, -0.15) is 13.2 Å². The molecule has 1 atom stereocenters. The number of halogens is 3. The van der Waals surface area contributed by atoms with E-state index in [1.165, 1.54) is 11.9 Å². The number of pyridine rings is 1. The number of carbonyl (C=O) groups excluding carboxylic acids is 4. The lowest BCUT2D eigenvalue weighted by atomic mass is 9.79. The molecule has 2 aliphatic rings. The number of alkyl halides is 3. The van der Waals surface area contributed by atoms with Gasteiger partial charge < -0.3 is 25.2 Å². The van der Waals surface area contributed by atoms with Crippen LogP contribution in [0, 0.1) is 6.92 Å². The van der Waals surface area contributed by atoms with Crippen molar-refractivity contribution in [2.75, 3.05) is 24.2 Å². The highest BCUT2D eigenvalue weighted by atomic mass is 19.4. The van der Waals surface area contributed by atoms with Gasteiger partial charge in [0.15, 0.2) is 0 Å². The molecule has 10 nitrogen and oxygen atoms in total. The Labute approximate surface area is 270 Å². The van der Waals surface area contributed by atoms with Gasteiger partial charge in [-0.05, 0) is 80.5 Å². The number of aromatic nitrogens is 1. The molecule has 1 unspecified atom stereocenters. The lowest BCUT2D eigenvalue weighted by molar-refractivity contribution is -0.186. The van der Waals surface area contributed by atoms with Crippen molar-refractivity contribution in [1.82, 2.24) is 14.8 Å². The Kier molecular flexibility index (Phi) is 8.78. The summed E-state index contributed by atoms with van der Waals surface area (Å²) < 4.78 is 46.5. The fraction of sp³-hybridized carbons (Fsp3) is 0.382. The van der Waals surface area contributed by atoms with Gasteiger partial charge in [-0.15, -0.1) is 0 Å². The van der Waals surface area contributed by atoms with Gasteiger partial charge in [-0.25, -0.2) is 9.78 Å². The molecule has 13 heteroatoms. The average Bonchev–Trinajstić information content (AvgIpc) is 3.48. The molecule has 5 rings (SSSR count). The first-order valence-corrected chi connectivity index (χ1v) is 15.0. The number of rotatable bonds is 7. The predicted molar refractivity (Wildman–Crippen MR) is 167 cm³/mol. The van der Waals surface area contributed by atoms with Crippen molar-refractivity contribution in [1.29, 1.82) is 0 Å². The van der Waals surface area contributed by atoms with E-state index in [-0.39, 0.29) is 12.5 Å². The highest BCUT2D eigenvalue weighted by Gasteiger charge is 2.51. The molecule has 1 aliphatic heterocycles. The van der Waals surface area contributed by atoms with Crippen LogP contribution >= 0.6 is 0 Å². The van der Waals surface area contributed by atoms with Crippen LogP contribution in [0.25, 0.3) is 0 Å². The molecule has 3 aromatic rings. The van der Waals surface area contributed by atoms with Crippen molar-refractivity contribution in [2.45, 2.75) is 70.8 Å². The number of benzene rings is 2. The molecule has 0 radical (unpaired) electrons. The quantitative estimate of drug-likeness (QED) is 0.359. The number of hydrogen-bond donors (Lipinski definition) is 2. The van der Waals surface area contributed by atoms with Crippen LogP contribution in [-0.4, -0.2) is 64.0 Å². The van der Waals surface area contributed by atoms with E-state index in [1.807, 2.05) is 12.1 Å². The third kappa shape index (κ3) is 7.08. The maximum absolute atomic E-state index is 13.7. The number of hydrogen-bond acceptors (Lipinski definition) is 6. The minimum Gasteiger partial charge on any atom is -0.444 e. The number of aryl methyl sites for hydroxylation is 1. The molecule has 0 bridgehead atoms. The highest BCUT2D eigenvalue weighted by Crippen LogP contribution is 2.47. The zero-order valence-corrected chi connectivity index (χ0v) is 26.7. The molecule has 0 saturated heterocycles. The standard InChI is InChI=1S/C34H36F3N5O5/c1-20-13-23-15-33(25-11-8-12-38-28(25)40-29(33)44)16-24(23)14-26(20)39-27(43)19-42(30(45)34(35,36)37)18-22-10-7-6-9-21(22)17-41(5)31(46)47-32(2,3)4/h6-14H,15-19H2,1-5H3,(H,39,43)(H,38,40,44). The van der Waals surface area contributed by atoms with E-state index in [4.69, 9.17) is 4.74 Å². The van der Waals surface area contributed by atoms with Gasteiger partial charge in [0.2, 0.25) is 11.8 Å². The summed E-state index contributed by atoms with van der Waals surface area (Å²) in [6, 6.07) is 13.7. The molecule has 2 aromatic carbocycles. The van der Waals surface area contributed by atoms with E-state index in [0.717, 1.165) is 16.7 Å². The zero-order chi connectivity index (χ0) is 34.3. The summed E-state index contributed by atoms with van der Waals surface area (Å²) in [5.74, 6) is -2.64. The SMILES string of the molecule is Cc1cc2c(cc1NC(=O)CN(Cc1ccccc1CN(C)C(=O)OC(C)(C)C)C(=O)C(F)(F)F)CC1(C2)C(=O)Nc2ncccc21. The van der Waals surface area contributed by atoms with E-state index in [9.17, 15) is 32.3 Å². The van der Waals surface area contributed by atoms with Gasteiger partial charge in [0.1, 0.15) is 18.0 Å². The molecule has 248 valence electrons. The van der Waals surface area contributed by atoms with E-state index in [1.54, 1.807) is 70.3 Å². The number of anilines is 2. The normalized spacial score (nSPS) is 16.7. The molecule has 0 fully saturated rings. The van der Waals surface area contributed by atoms with E-state index in [2.05, 4.69) is 15.6 Å². The fourth-order valence-electron chi connectivity index (χ4n) is 6.05. The van der Waals surface area contributed by atoms with Crippen molar-refractivity contribution in [3.8, 4) is 0 Å². The molecular formula is C34H36F3N5O5. The van der Waals surface area contributed by atoms with Crippen LogP contribution in [0.4, 0.5) is 29.5 Å². The van der Waals surface area contributed by atoms with Crippen LogP contribution in [0.5, 0.6) is 0 Å². The van der Waals surface area contributed by atoms with E-state index < -0.39 is 48.2 Å². The first-order valence-electron chi connectivity index (χ1n) is 15.0. The van der Waals surface area contributed by atoms with Gasteiger partial charge in [0.25, 0.3) is 0 Å². The first-order chi connectivity index (χ1) is 22.0. The monoisotopic (exact) mass is 651 g/mol. The molecule has 4 amide bonds. The Morgan fingerprint density at radius 3 is 2.28 bits per heavy atom. The summed E-state index contributed by atoms with van der Waals surface area (Å²) in [5, 5.41) is 5.52. The third-order valence-corrected chi connectivity index (χ3v) is 8.25. The van der Waals surface area contributed by atoms with E-state index >= 15 is 0 Å². The van der Waals surface area contributed by atoms with Gasteiger partial charge in [0, 0.05) is 37.6 Å². The molecule has 0 saturated carbocycles. The number of ether oxygens (including phenoxy) is 1. The molecule has 47 heavy (non-hydrogen) atoms. The lowest BCUT2D eigenvalue weighted by Gasteiger charge is -2.27. The van der Waals surface area contributed by atoms with Crippen LogP contribution in [-0.2, 0) is 50.5 Å². The second-order valence-electron chi connectivity index (χ2n) is 13.0. The van der Waals surface area contributed by atoms with Gasteiger partial charge >= 0.3 is 18.2 Å². The first kappa shape index (κ1) is 33.4. The Bertz CT molecular complexity index is 1750. The lowest BCUT2D eigenvalue weighted by Crippen LogP contribution is -2.44. The number of nitrogens with one attached hydrogen (secondary N) is 2. The molecular weight excluding hydrogens is 615 g/mol. The summed E-state index contributed by atoms with van der Waals surface area (Å²) in [6.45, 7) is 5.48. The smallest absolute Gasteiger partial charge is 0.444 e. The average molecular weight is 652 g/mol. The molecule has 1 aromatic heterocycles. The summed E-state index contributed by atoms with van der Waals surface area (Å²) in [7, 11) is 1.49. The Morgan fingerprint density at radius 1 is 1.00 bits per heavy atom. The van der Waals surface area contributed by atoms with Gasteiger partial charge in [-0.1, -0.05) is 36.4 Å². The minimum atomic E-state index is -5.23. The van der Waals surface area contributed by atoms with Crippen molar-refractivity contribution in [3.05, 3.63) is 88.1 Å². The van der Waals surface area contributed by atoms with Crippen molar-refractivity contribution < 1.29 is 37.1 Å². The maximum Gasteiger partial charge on any atom is 0.471 e.